The maximum Gasteiger partial charge on any atom is 0.319 e. The van der Waals surface area contributed by atoms with Crippen LogP contribution in [0.3, 0.4) is 0 Å². The van der Waals surface area contributed by atoms with Crippen LogP contribution in [0, 0.1) is 0 Å². The molecule has 7 heteroatoms. The number of benzene rings is 2. The van der Waals surface area contributed by atoms with E-state index in [9.17, 15) is 9.59 Å². The molecule has 0 aliphatic carbocycles. The molecule has 0 spiro atoms. The van der Waals surface area contributed by atoms with Gasteiger partial charge in [0.2, 0.25) is 0 Å². The number of furan rings is 1. The van der Waals surface area contributed by atoms with Crippen molar-refractivity contribution in [1.82, 2.24) is 5.32 Å². The first-order chi connectivity index (χ1) is 12.4. The number of carbonyl (C=O) groups excluding carboxylic acids is 2. The highest BCUT2D eigenvalue weighted by molar-refractivity contribution is 6.31. The standard InChI is InChI=1S/C19H18ClN3O3/c1-11(2)21-19(25)23-15-6-4-14(5-7-15)22-18(24)17-10-12-9-13(20)3-8-16(12)26-17/h3-11H,1-2H3,(H,22,24)(H2,21,23,25). The second-order valence-electron chi connectivity index (χ2n) is 6.08. The van der Waals surface area contributed by atoms with Crippen molar-refractivity contribution in [1.29, 1.82) is 0 Å². The molecular weight excluding hydrogens is 354 g/mol. The molecule has 2 aromatic carbocycles. The Hall–Kier alpha value is -2.99. The predicted octanol–water partition coefficient (Wildman–Crippen LogP) is 4.87. The average molecular weight is 372 g/mol. The number of urea groups is 1. The van der Waals surface area contributed by atoms with Crippen molar-refractivity contribution in [2.45, 2.75) is 19.9 Å². The summed E-state index contributed by atoms with van der Waals surface area (Å²) in [7, 11) is 0. The van der Waals surface area contributed by atoms with E-state index < -0.39 is 0 Å². The van der Waals surface area contributed by atoms with E-state index in [0.29, 0.717) is 22.0 Å². The van der Waals surface area contributed by atoms with Gasteiger partial charge in [-0.25, -0.2) is 4.79 Å². The Balaban J connectivity index is 1.66. The number of fused-ring (bicyclic) bond motifs is 1. The first-order valence-electron chi connectivity index (χ1n) is 8.09. The lowest BCUT2D eigenvalue weighted by molar-refractivity contribution is 0.0998. The van der Waals surface area contributed by atoms with Crippen LogP contribution < -0.4 is 16.0 Å². The van der Waals surface area contributed by atoms with Crippen molar-refractivity contribution in [2.75, 3.05) is 10.6 Å². The van der Waals surface area contributed by atoms with Crippen molar-refractivity contribution >= 4 is 45.9 Å². The summed E-state index contributed by atoms with van der Waals surface area (Å²) in [5.41, 5.74) is 1.80. The third kappa shape index (κ3) is 4.34. The molecule has 26 heavy (non-hydrogen) atoms. The number of halogens is 1. The second kappa shape index (κ2) is 7.49. The van der Waals surface area contributed by atoms with E-state index in [1.165, 1.54) is 0 Å². The molecule has 1 aromatic heterocycles. The minimum atomic E-state index is -0.365. The van der Waals surface area contributed by atoms with E-state index in [1.54, 1.807) is 48.5 Å². The highest BCUT2D eigenvalue weighted by Gasteiger charge is 2.13. The number of rotatable bonds is 4. The van der Waals surface area contributed by atoms with Gasteiger partial charge in [-0.05, 0) is 62.4 Å². The molecule has 0 radical (unpaired) electrons. The fourth-order valence-electron chi connectivity index (χ4n) is 2.39. The summed E-state index contributed by atoms with van der Waals surface area (Å²) in [6, 6.07) is 13.4. The smallest absolute Gasteiger partial charge is 0.319 e. The first-order valence-corrected chi connectivity index (χ1v) is 8.46. The summed E-state index contributed by atoms with van der Waals surface area (Å²) in [6.45, 7) is 3.76. The van der Waals surface area contributed by atoms with Gasteiger partial charge in [-0.15, -0.1) is 0 Å². The van der Waals surface area contributed by atoms with Crippen LogP contribution in [0.4, 0.5) is 16.2 Å². The maximum absolute atomic E-state index is 12.3. The Kier molecular flexibility index (Phi) is 5.14. The predicted molar refractivity (Wildman–Crippen MR) is 103 cm³/mol. The lowest BCUT2D eigenvalue weighted by Crippen LogP contribution is -2.34. The van der Waals surface area contributed by atoms with Gasteiger partial charge in [0.25, 0.3) is 5.91 Å². The van der Waals surface area contributed by atoms with Crippen LogP contribution in [0.5, 0.6) is 0 Å². The van der Waals surface area contributed by atoms with Crippen LogP contribution >= 0.6 is 11.6 Å². The van der Waals surface area contributed by atoms with Gasteiger partial charge < -0.3 is 20.4 Å². The molecule has 0 atom stereocenters. The fraction of sp³-hybridized carbons (Fsp3) is 0.158. The van der Waals surface area contributed by atoms with Gasteiger partial charge >= 0.3 is 6.03 Å². The SMILES string of the molecule is CC(C)NC(=O)Nc1ccc(NC(=O)c2cc3cc(Cl)ccc3o2)cc1. The second-order valence-corrected chi connectivity index (χ2v) is 6.51. The Bertz CT molecular complexity index is 948. The van der Waals surface area contributed by atoms with E-state index in [2.05, 4.69) is 16.0 Å². The van der Waals surface area contributed by atoms with E-state index in [-0.39, 0.29) is 23.7 Å². The minimum absolute atomic E-state index is 0.0484. The van der Waals surface area contributed by atoms with Crippen molar-refractivity contribution in [3.63, 3.8) is 0 Å². The average Bonchev–Trinajstić information content (AvgIpc) is 2.99. The number of hydrogen-bond acceptors (Lipinski definition) is 3. The Morgan fingerprint density at radius 2 is 1.62 bits per heavy atom. The molecular formula is C19H18ClN3O3. The number of hydrogen-bond donors (Lipinski definition) is 3. The number of amides is 3. The first kappa shape index (κ1) is 17.8. The van der Waals surface area contributed by atoms with Crippen LogP contribution in [-0.2, 0) is 0 Å². The number of nitrogens with one attached hydrogen (secondary N) is 3. The van der Waals surface area contributed by atoms with Crippen LogP contribution in [0.2, 0.25) is 5.02 Å². The quantitative estimate of drug-likeness (QED) is 0.611. The normalized spacial score (nSPS) is 10.8. The van der Waals surface area contributed by atoms with Gasteiger partial charge in [0.15, 0.2) is 5.76 Å². The van der Waals surface area contributed by atoms with Crippen molar-refractivity contribution < 1.29 is 14.0 Å². The number of carbonyl (C=O) groups is 2. The van der Waals surface area contributed by atoms with Gasteiger partial charge in [0, 0.05) is 27.8 Å². The van der Waals surface area contributed by atoms with Crippen molar-refractivity contribution in [2.24, 2.45) is 0 Å². The minimum Gasteiger partial charge on any atom is -0.451 e. The molecule has 3 N–H and O–H groups in total. The zero-order chi connectivity index (χ0) is 18.7. The molecule has 0 saturated heterocycles. The highest BCUT2D eigenvalue weighted by Crippen LogP contribution is 2.24. The monoisotopic (exact) mass is 371 g/mol. The zero-order valence-corrected chi connectivity index (χ0v) is 15.1. The van der Waals surface area contributed by atoms with Gasteiger partial charge in [0.05, 0.1) is 0 Å². The highest BCUT2D eigenvalue weighted by atomic mass is 35.5. The maximum atomic E-state index is 12.3. The molecule has 0 unspecified atom stereocenters. The van der Waals surface area contributed by atoms with E-state index >= 15 is 0 Å². The topological polar surface area (TPSA) is 83.4 Å². The Labute approximate surface area is 155 Å². The lowest BCUT2D eigenvalue weighted by Gasteiger charge is -2.10. The summed E-state index contributed by atoms with van der Waals surface area (Å²) < 4.78 is 5.53. The van der Waals surface area contributed by atoms with E-state index in [1.807, 2.05) is 13.8 Å². The molecule has 0 bridgehead atoms. The molecule has 1 heterocycles. The van der Waals surface area contributed by atoms with Gasteiger partial charge in [-0.2, -0.15) is 0 Å². The molecule has 0 aliphatic heterocycles. The van der Waals surface area contributed by atoms with E-state index in [4.69, 9.17) is 16.0 Å². The summed E-state index contributed by atoms with van der Waals surface area (Å²) in [5, 5.41) is 9.54. The molecule has 0 aliphatic rings. The summed E-state index contributed by atoms with van der Waals surface area (Å²) in [5.74, 6) is -0.170. The zero-order valence-electron chi connectivity index (χ0n) is 14.3. The molecule has 3 amide bonds. The molecule has 6 nitrogen and oxygen atoms in total. The molecule has 3 aromatic rings. The summed E-state index contributed by atoms with van der Waals surface area (Å²) >= 11 is 5.94. The molecule has 0 fully saturated rings. The van der Waals surface area contributed by atoms with Crippen molar-refractivity contribution in [3.05, 3.63) is 59.3 Å². The third-order valence-corrected chi connectivity index (χ3v) is 3.76. The van der Waals surface area contributed by atoms with Gasteiger partial charge in [0.1, 0.15) is 5.58 Å². The summed E-state index contributed by atoms with van der Waals surface area (Å²) in [6.07, 6.45) is 0. The van der Waals surface area contributed by atoms with E-state index in [0.717, 1.165) is 5.39 Å². The van der Waals surface area contributed by atoms with Crippen LogP contribution in [-0.4, -0.2) is 18.0 Å². The van der Waals surface area contributed by atoms with Gasteiger partial charge in [-0.3, -0.25) is 4.79 Å². The van der Waals surface area contributed by atoms with Crippen LogP contribution in [0.1, 0.15) is 24.4 Å². The number of anilines is 2. The van der Waals surface area contributed by atoms with Crippen LogP contribution in [0.25, 0.3) is 11.0 Å². The van der Waals surface area contributed by atoms with Crippen LogP contribution in [0.15, 0.2) is 52.9 Å². The lowest BCUT2D eigenvalue weighted by atomic mass is 10.2. The van der Waals surface area contributed by atoms with Crippen molar-refractivity contribution in [3.8, 4) is 0 Å². The fourth-order valence-corrected chi connectivity index (χ4v) is 2.57. The summed E-state index contributed by atoms with van der Waals surface area (Å²) in [4.78, 5) is 24.0. The third-order valence-electron chi connectivity index (χ3n) is 3.52. The largest absolute Gasteiger partial charge is 0.451 e. The molecule has 3 rings (SSSR count). The van der Waals surface area contributed by atoms with Gasteiger partial charge in [-0.1, -0.05) is 11.6 Å². The Morgan fingerprint density at radius 1 is 0.962 bits per heavy atom. The molecule has 0 saturated carbocycles. The Morgan fingerprint density at radius 3 is 2.27 bits per heavy atom. The molecule has 134 valence electrons.